The Hall–Kier alpha value is -2.08. The van der Waals surface area contributed by atoms with Gasteiger partial charge in [-0.05, 0) is 18.1 Å². The molecule has 2 N–H and O–H groups in total. The number of likely N-dealkylation sites (tertiary alicyclic amines) is 1. The first-order valence-electron chi connectivity index (χ1n) is 7.10. The SMILES string of the molecule is COCCNC(=O)N1CC[C@@]2(C1)C(=O)Nc1ccccc12. The highest BCUT2D eigenvalue weighted by atomic mass is 16.5. The van der Waals surface area contributed by atoms with Crippen LogP contribution in [-0.2, 0) is 14.9 Å². The highest BCUT2D eigenvalue weighted by Crippen LogP contribution is 2.43. The van der Waals surface area contributed by atoms with Crippen LogP contribution in [0.1, 0.15) is 12.0 Å². The number of nitrogens with one attached hydrogen (secondary N) is 2. The molecule has 1 atom stereocenters. The number of rotatable bonds is 3. The van der Waals surface area contributed by atoms with Gasteiger partial charge in [-0.25, -0.2) is 4.79 Å². The number of carbonyl (C=O) groups excluding carboxylic acids is 2. The molecule has 3 amide bonds. The lowest BCUT2D eigenvalue weighted by molar-refractivity contribution is -0.120. The van der Waals surface area contributed by atoms with Gasteiger partial charge in [-0.1, -0.05) is 18.2 Å². The molecule has 0 saturated carbocycles. The molecule has 1 spiro atoms. The van der Waals surface area contributed by atoms with Crippen molar-refractivity contribution in [2.75, 3.05) is 38.7 Å². The van der Waals surface area contributed by atoms with Gasteiger partial charge in [0.1, 0.15) is 0 Å². The van der Waals surface area contributed by atoms with E-state index in [-0.39, 0.29) is 11.9 Å². The number of para-hydroxylation sites is 1. The average Bonchev–Trinajstić information content (AvgIpc) is 3.04. The smallest absolute Gasteiger partial charge is 0.317 e. The number of methoxy groups -OCH3 is 1. The van der Waals surface area contributed by atoms with Gasteiger partial charge in [-0.15, -0.1) is 0 Å². The standard InChI is InChI=1S/C15H19N3O3/c1-21-9-7-16-14(20)18-8-6-15(10-18)11-4-2-3-5-12(11)17-13(15)19/h2-5H,6-10H2,1H3,(H,16,20)(H,17,19)/t15-/m0/s1. The second kappa shape index (κ2) is 5.37. The Morgan fingerprint density at radius 2 is 2.29 bits per heavy atom. The topological polar surface area (TPSA) is 70.7 Å². The largest absolute Gasteiger partial charge is 0.383 e. The average molecular weight is 289 g/mol. The summed E-state index contributed by atoms with van der Waals surface area (Å²) in [5.41, 5.74) is 1.28. The van der Waals surface area contributed by atoms with E-state index in [9.17, 15) is 9.59 Å². The third-order valence-electron chi connectivity index (χ3n) is 4.26. The number of urea groups is 1. The van der Waals surface area contributed by atoms with Crippen LogP contribution in [0.5, 0.6) is 0 Å². The molecule has 1 aromatic carbocycles. The molecule has 0 radical (unpaired) electrons. The summed E-state index contributed by atoms with van der Waals surface area (Å²) in [4.78, 5) is 26.2. The van der Waals surface area contributed by atoms with E-state index in [1.807, 2.05) is 24.3 Å². The molecule has 0 unspecified atom stereocenters. The van der Waals surface area contributed by atoms with Crippen LogP contribution in [0, 0.1) is 0 Å². The van der Waals surface area contributed by atoms with Gasteiger partial charge in [-0.3, -0.25) is 4.79 Å². The Morgan fingerprint density at radius 1 is 1.48 bits per heavy atom. The van der Waals surface area contributed by atoms with Crippen molar-refractivity contribution >= 4 is 17.6 Å². The maximum atomic E-state index is 12.4. The highest BCUT2D eigenvalue weighted by Gasteiger charge is 2.51. The van der Waals surface area contributed by atoms with E-state index in [0.29, 0.717) is 32.7 Å². The molecule has 1 saturated heterocycles. The van der Waals surface area contributed by atoms with Crippen LogP contribution in [0.4, 0.5) is 10.5 Å². The van der Waals surface area contributed by atoms with Crippen molar-refractivity contribution in [3.05, 3.63) is 29.8 Å². The molecule has 1 fully saturated rings. The third kappa shape index (κ3) is 2.25. The molecule has 6 nitrogen and oxygen atoms in total. The summed E-state index contributed by atoms with van der Waals surface area (Å²) in [6.07, 6.45) is 0.660. The Kier molecular flexibility index (Phi) is 3.55. The molecule has 2 aliphatic rings. The fourth-order valence-corrected chi connectivity index (χ4v) is 3.13. The van der Waals surface area contributed by atoms with Gasteiger partial charge in [-0.2, -0.15) is 0 Å². The summed E-state index contributed by atoms with van der Waals surface area (Å²) >= 11 is 0. The summed E-state index contributed by atoms with van der Waals surface area (Å²) in [6, 6.07) is 7.58. The molecule has 6 heteroatoms. The Balaban J connectivity index is 1.74. The number of hydrogen-bond acceptors (Lipinski definition) is 3. The summed E-state index contributed by atoms with van der Waals surface area (Å²) in [5, 5.41) is 5.73. The van der Waals surface area contributed by atoms with E-state index in [0.717, 1.165) is 11.3 Å². The minimum absolute atomic E-state index is 0.00380. The zero-order chi connectivity index (χ0) is 14.9. The number of hydrogen-bond donors (Lipinski definition) is 2. The van der Waals surface area contributed by atoms with Gasteiger partial charge in [0.15, 0.2) is 0 Å². The normalized spacial score (nSPS) is 23.3. The Morgan fingerprint density at radius 3 is 3.10 bits per heavy atom. The van der Waals surface area contributed by atoms with E-state index in [2.05, 4.69) is 10.6 Å². The number of anilines is 1. The van der Waals surface area contributed by atoms with Gasteiger partial charge >= 0.3 is 6.03 Å². The molecule has 0 aromatic heterocycles. The van der Waals surface area contributed by atoms with Crippen molar-refractivity contribution in [2.45, 2.75) is 11.8 Å². The van der Waals surface area contributed by atoms with E-state index in [1.54, 1.807) is 12.0 Å². The molecule has 2 heterocycles. The zero-order valence-electron chi connectivity index (χ0n) is 12.0. The van der Waals surface area contributed by atoms with Gasteiger partial charge < -0.3 is 20.3 Å². The molecule has 3 rings (SSSR count). The molecule has 21 heavy (non-hydrogen) atoms. The van der Waals surface area contributed by atoms with Crippen molar-refractivity contribution in [3.8, 4) is 0 Å². The fourth-order valence-electron chi connectivity index (χ4n) is 3.13. The highest BCUT2D eigenvalue weighted by molar-refractivity contribution is 6.07. The maximum Gasteiger partial charge on any atom is 0.317 e. The van der Waals surface area contributed by atoms with E-state index in [1.165, 1.54) is 0 Å². The number of nitrogens with zero attached hydrogens (tertiary/aromatic N) is 1. The first-order valence-corrected chi connectivity index (χ1v) is 7.10. The molecular weight excluding hydrogens is 270 g/mol. The van der Waals surface area contributed by atoms with Crippen LogP contribution >= 0.6 is 0 Å². The monoisotopic (exact) mass is 289 g/mol. The Labute approximate surface area is 123 Å². The zero-order valence-corrected chi connectivity index (χ0v) is 12.0. The van der Waals surface area contributed by atoms with Crippen LogP contribution in [0.2, 0.25) is 0 Å². The lowest BCUT2D eigenvalue weighted by Gasteiger charge is -2.22. The Bertz CT molecular complexity index is 575. The number of benzene rings is 1. The van der Waals surface area contributed by atoms with Gasteiger partial charge in [0.25, 0.3) is 0 Å². The van der Waals surface area contributed by atoms with Crippen molar-refractivity contribution in [3.63, 3.8) is 0 Å². The van der Waals surface area contributed by atoms with Crippen LogP contribution in [0.25, 0.3) is 0 Å². The molecule has 112 valence electrons. The summed E-state index contributed by atoms with van der Waals surface area (Å²) in [5.74, 6) is -0.00380. The van der Waals surface area contributed by atoms with Gasteiger partial charge in [0, 0.05) is 32.4 Å². The van der Waals surface area contributed by atoms with Crippen LogP contribution < -0.4 is 10.6 Å². The first kappa shape index (κ1) is 13.9. The maximum absolute atomic E-state index is 12.4. The van der Waals surface area contributed by atoms with Crippen molar-refractivity contribution < 1.29 is 14.3 Å². The van der Waals surface area contributed by atoms with E-state index in [4.69, 9.17) is 4.74 Å². The second-order valence-corrected chi connectivity index (χ2v) is 5.48. The van der Waals surface area contributed by atoms with Crippen molar-refractivity contribution in [1.29, 1.82) is 0 Å². The molecule has 0 aliphatic carbocycles. The predicted octanol–water partition coefficient (Wildman–Crippen LogP) is 0.938. The summed E-state index contributed by atoms with van der Waals surface area (Å²) in [6.45, 7) is 1.96. The summed E-state index contributed by atoms with van der Waals surface area (Å²) in [7, 11) is 1.59. The number of amides is 3. The first-order chi connectivity index (χ1) is 10.2. The quantitative estimate of drug-likeness (QED) is 0.814. The van der Waals surface area contributed by atoms with E-state index >= 15 is 0 Å². The van der Waals surface area contributed by atoms with Gasteiger partial charge in [0.2, 0.25) is 5.91 Å². The molecule has 2 aliphatic heterocycles. The van der Waals surface area contributed by atoms with Gasteiger partial charge in [0.05, 0.1) is 12.0 Å². The third-order valence-corrected chi connectivity index (χ3v) is 4.26. The van der Waals surface area contributed by atoms with Crippen molar-refractivity contribution in [2.24, 2.45) is 0 Å². The van der Waals surface area contributed by atoms with Crippen LogP contribution in [0.3, 0.4) is 0 Å². The predicted molar refractivity (Wildman–Crippen MR) is 78.2 cm³/mol. The van der Waals surface area contributed by atoms with Crippen molar-refractivity contribution in [1.82, 2.24) is 10.2 Å². The minimum Gasteiger partial charge on any atom is -0.383 e. The van der Waals surface area contributed by atoms with E-state index < -0.39 is 5.41 Å². The minimum atomic E-state index is -0.588. The van der Waals surface area contributed by atoms with Crippen LogP contribution in [0.15, 0.2) is 24.3 Å². The lowest BCUT2D eigenvalue weighted by Crippen LogP contribution is -2.43. The molecule has 1 aromatic rings. The summed E-state index contributed by atoms with van der Waals surface area (Å²) < 4.78 is 4.91. The second-order valence-electron chi connectivity index (χ2n) is 5.48. The molecular formula is C15H19N3O3. The fraction of sp³-hybridized carbons (Fsp3) is 0.467. The number of fused-ring (bicyclic) bond motifs is 2. The number of ether oxygens (including phenoxy) is 1. The van der Waals surface area contributed by atoms with Crippen LogP contribution in [-0.4, -0.2) is 50.2 Å². The number of carbonyl (C=O) groups is 2. The molecule has 0 bridgehead atoms. The lowest BCUT2D eigenvalue weighted by atomic mass is 9.81.